The fraction of sp³-hybridized carbons (Fsp3) is 0.200. The summed E-state index contributed by atoms with van der Waals surface area (Å²) in [6.07, 6.45) is 1.22. The summed E-state index contributed by atoms with van der Waals surface area (Å²) in [5, 5.41) is 0. The van der Waals surface area contributed by atoms with E-state index < -0.39 is 0 Å². The van der Waals surface area contributed by atoms with E-state index in [2.05, 4.69) is 67.6 Å². The molecule has 0 saturated heterocycles. The van der Waals surface area contributed by atoms with Crippen molar-refractivity contribution in [1.82, 2.24) is 0 Å². The molecule has 82 valence electrons. The van der Waals surface area contributed by atoms with Gasteiger partial charge >= 0.3 is 108 Å². The molecule has 0 radical (unpaired) electrons. The first-order valence-corrected chi connectivity index (χ1v) is 8.11. The summed E-state index contributed by atoms with van der Waals surface area (Å²) in [5.41, 5.74) is 1.47. The van der Waals surface area contributed by atoms with Gasteiger partial charge in [0.05, 0.1) is 0 Å². The number of benzene rings is 2. The van der Waals surface area contributed by atoms with Gasteiger partial charge in [-0.2, -0.15) is 0 Å². The van der Waals surface area contributed by atoms with Crippen LogP contribution in [0.15, 0.2) is 60.7 Å². The molecule has 0 aliphatic carbocycles. The molecule has 0 nitrogen and oxygen atoms in total. The molecule has 2 aromatic carbocycles. The van der Waals surface area contributed by atoms with E-state index in [1.165, 1.54) is 12.0 Å². The molecule has 0 aromatic heterocycles. The van der Waals surface area contributed by atoms with Crippen LogP contribution in [-0.2, 0) is 6.42 Å². The van der Waals surface area contributed by atoms with E-state index in [0.29, 0.717) is 0 Å². The topological polar surface area (TPSA) is 0 Å². The van der Waals surface area contributed by atoms with Gasteiger partial charge in [0, 0.05) is 0 Å². The molecule has 1 atom stereocenters. The second-order valence-electron chi connectivity index (χ2n) is 3.93. The van der Waals surface area contributed by atoms with Gasteiger partial charge in [0.1, 0.15) is 0 Å². The number of hydrogen-bond acceptors (Lipinski definition) is 0. The molecule has 2 rings (SSSR count). The quantitative estimate of drug-likeness (QED) is 0.759. The Morgan fingerprint density at radius 1 is 0.875 bits per heavy atom. The van der Waals surface area contributed by atoms with Gasteiger partial charge < -0.3 is 0 Å². The summed E-state index contributed by atoms with van der Waals surface area (Å²) >= 11 is -0.0481. The zero-order chi connectivity index (χ0) is 11.2. The second kappa shape index (κ2) is 6.09. The van der Waals surface area contributed by atoms with Gasteiger partial charge in [-0.1, -0.05) is 0 Å². The van der Waals surface area contributed by atoms with Gasteiger partial charge in [0.15, 0.2) is 0 Å². The first-order chi connectivity index (χ1) is 7.84. The van der Waals surface area contributed by atoms with Crippen molar-refractivity contribution in [3.8, 4) is 0 Å². The van der Waals surface area contributed by atoms with E-state index in [9.17, 15) is 0 Å². The molecule has 0 saturated carbocycles. The molecule has 0 heterocycles. The molecule has 0 fully saturated rings. The van der Waals surface area contributed by atoms with Crippen LogP contribution in [-0.4, -0.2) is 20.9 Å². The molecule has 16 heavy (non-hydrogen) atoms. The molecule has 2 aromatic rings. The molecular formula is C15H16Te. The molecule has 0 bridgehead atoms. The summed E-state index contributed by atoms with van der Waals surface area (Å²) in [4.78, 5) is 0. The Kier molecular flexibility index (Phi) is 4.45. The zero-order valence-electron chi connectivity index (χ0n) is 9.47. The summed E-state index contributed by atoms with van der Waals surface area (Å²) in [5.74, 6) is 0. The minimum atomic E-state index is -0.0481. The molecule has 0 N–H and O–H groups in total. The predicted molar refractivity (Wildman–Crippen MR) is 71.4 cm³/mol. The zero-order valence-corrected chi connectivity index (χ0v) is 11.8. The van der Waals surface area contributed by atoms with Crippen LogP contribution < -0.4 is 3.61 Å². The number of hydrogen-bond donors (Lipinski definition) is 0. The van der Waals surface area contributed by atoms with Crippen LogP contribution in [0.4, 0.5) is 0 Å². The number of rotatable bonds is 4. The van der Waals surface area contributed by atoms with E-state index in [1.54, 1.807) is 3.61 Å². The second-order valence-corrected chi connectivity index (χ2v) is 8.25. The predicted octanol–water partition coefficient (Wildman–Crippen LogP) is 3.07. The van der Waals surface area contributed by atoms with Crippen LogP contribution in [0.25, 0.3) is 0 Å². The SMILES string of the molecule is CC(Cc1ccccc1)[Te]c1ccccc1. The van der Waals surface area contributed by atoms with Gasteiger partial charge in [0.25, 0.3) is 0 Å². The standard InChI is InChI=1S/C15H16Te/c1-13(12-14-8-4-2-5-9-14)16-15-10-6-3-7-11-15/h2-11,13H,12H2,1H3. The average Bonchev–Trinajstić information content (AvgIpc) is 2.31. The summed E-state index contributed by atoms with van der Waals surface area (Å²) < 4.78 is 2.39. The van der Waals surface area contributed by atoms with Crippen molar-refractivity contribution in [2.24, 2.45) is 0 Å². The van der Waals surface area contributed by atoms with Gasteiger partial charge in [-0.25, -0.2) is 0 Å². The normalized spacial score (nSPS) is 12.3. The Morgan fingerprint density at radius 3 is 2.06 bits per heavy atom. The molecule has 0 spiro atoms. The molecule has 1 heteroatoms. The van der Waals surface area contributed by atoms with Gasteiger partial charge in [0.2, 0.25) is 0 Å². The molecule has 0 aliphatic rings. The first kappa shape index (κ1) is 11.7. The molecular weight excluding hydrogens is 308 g/mol. The maximum atomic E-state index is 2.38. The fourth-order valence-electron chi connectivity index (χ4n) is 1.72. The third-order valence-electron chi connectivity index (χ3n) is 2.45. The average molecular weight is 324 g/mol. The van der Waals surface area contributed by atoms with E-state index in [1.807, 2.05) is 0 Å². The Balaban J connectivity index is 1.92. The van der Waals surface area contributed by atoms with Gasteiger partial charge in [-0.15, -0.1) is 0 Å². The fourth-order valence-corrected chi connectivity index (χ4v) is 4.73. The summed E-state index contributed by atoms with van der Waals surface area (Å²) in [6, 6.07) is 21.7. The Bertz CT molecular complexity index is 366. The molecule has 0 aliphatic heterocycles. The maximum absolute atomic E-state index is 2.38. The van der Waals surface area contributed by atoms with Crippen LogP contribution in [0.5, 0.6) is 0 Å². The monoisotopic (exact) mass is 326 g/mol. The van der Waals surface area contributed by atoms with Crippen molar-refractivity contribution in [3.05, 3.63) is 66.2 Å². The van der Waals surface area contributed by atoms with E-state index in [4.69, 9.17) is 0 Å². The van der Waals surface area contributed by atoms with Crippen molar-refractivity contribution < 1.29 is 0 Å². The van der Waals surface area contributed by atoms with E-state index in [-0.39, 0.29) is 20.9 Å². The van der Waals surface area contributed by atoms with Gasteiger partial charge in [-0.3, -0.25) is 0 Å². The molecule has 0 amide bonds. The van der Waals surface area contributed by atoms with Crippen molar-refractivity contribution in [2.45, 2.75) is 17.3 Å². The van der Waals surface area contributed by atoms with Crippen LogP contribution in [0.1, 0.15) is 12.5 Å². The Morgan fingerprint density at radius 2 is 1.44 bits per heavy atom. The van der Waals surface area contributed by atoms with Crippen LogP contribution in [0, 0.1) is 0 Å². The Labute approximate surface area is 108 Å². The molecule has 1 unspecified atom stereocenters. The summed E-state index contributed by atoms with van der Waals surface area (Å²) in [6.45, 7) is 2.38. The first-order valence-electron chi connectivity index (χ1n) is 5.60. The third-order valence-corrected chi connectivity index (χ3v) is 5.62. The van der Waals surface area contributed by atoms with Crippen LogP contribution >= 0.6 is 0 Å². The third kappa shape index (κ3) is 3.67. The van der Waals surface area contributed by atoms with Crippen molar-refractivity contribution in [3.63, 3.8) is 0 Å². The van der Waals surface area contributed by atoms with Gasteiger partial charge in [-0.05, 0) is 0 Å². The van der Waals surface area contributed by atoms with Crippen LogP contribution in [0.3, 0.4) is 0 Å². The van der Waals surface area contributed by atoms with E-state index in [0.717, 1.165) is 3.97 Å². The van der Waals surface area contributed by atoms with Crippen LogP contribution in [0.2, 0.25) is 3.97 Å². The summed E-state index contributed by atoms with van der Waals surface area (Å²) in [7, 11) is 0. The van der Waals surface area contributed by atoms with Crippen molar-refractivity contribution in [1.29, 1.82) is 0 Å². The Hall–Kier alpha value is -0.770. The minimum absolute atomic E-state index is 0.0481. The van der Waals surface area contributed by atoms with Crippen molar-refractivity contribution in [2.75, 3.05) is 0 Å². The van der Waals surface area contributed by atoms with Crippen molar-refractivity contribution >= 4 is 24.5 Å². The van der Waals surface area contributed by atoms with E-state index >= 15 is 0 Å².